The number of thiophene rings is 1. The number of carbonyl (C=O) groups excluding carboxylic acids is 1. The number of fused-ring (bicyclic) bond motifs is 1. The molecular weight excluding hydrogens is 356 g/mol. The van der Waals surface area contributed by atoms with Crippen molar-refractivity contribution in [3.05, 3.63) is 76.7 Å². The monoisotopic (exact) mass is 371 g/mol. The molecule has 0 aliphatic rings. The first kappa shape index (κ1) is 16.8. The van der Waals surface area contributed by atoms with Gasteiger partial charge in [0, 0.05) is 11.1 Å². The minimum Gasteiger partial charge on any atom is -0.397 e. The minimum atomic E-state index is -0.154. The second kappa shape index (κ2) is 6.56. The quantitative estimate of drug-likeness (QED) is 0.536. The molecular formula is C21H15N4OS+. The smallest absolute Gasteiger partial charge is 0.290 e. The van der Waals surface area contributed by atoms with E-state index in [0.717, 1.165) is 5.56 Å². The molecule has 0 saturated heterocycles. The van der Waals surface area contributed by atoms with Crippen molar-refractivity contribution in [1.82, 2.24) is 0 Å². The molecule has 0 bridgehead atoms. The van der Waals surface area contributed by atoms with Crippen LogP contribution in [0.25, 0.3) is 21.3 Å². The zero-order chi connectivity index (χ0) is 19.0. The molecule has 2 aromatic heterocycles. The summed E-state index contributed by atoms with van der Waals surface area (Å²) in [5.74, 6) is 0.0996. The maximum atomic E-state index is 12.9. The van der Waals surface area contributed by atoms with Crippen molar-refractivity contribution in [2.24, 2.45) is 0 Å². The van der Waals surface area contributed by atoms with Crippen molar-refractivity contribution >= 4 is 38.8 Å². The fourth-order valence-corrected chi connectivity index (χ4v) is 4.23. The number of nitrogens with one attached hydrogen (secondary N) is 1. The number of nitrogens with zero attached hydrogens (tertiary/aromatic N) is 1. The Morgan fingerprint density at radius 3 is 2.26 bits per heavy atom. The second-order valence-electron chi connectivity index (χ2n) is 6.01. The van der Waals surface area contributed by atoms with Crippen LogP contribution < -0.4 is 16.5 Å². The van der Waals surface area contributed by atoms with Crippen molar-refractivity contribution in [2.75, 3.05) is 11.5 Å². The average molecular weight is 371 g/mol. The standard InChI is InChI=1S/C21H14N4OS/c22-11-14-15(12-7-3-1-4-8-12)16-17(23)19(27-21(16)25-20(14)24)18(26)13-9-5-2-6-10-13/h1-10H,23H2,(H2,24,25)/p+1. The van der Waals surface area contributed by atoms with Crippen molar-refractivity contribution in [3.8, 4) is 17.2 Å². The summed E-state index contributed by atoms with van der Waals surface area (Å²) in [4.78, 5) is 17.1. The minimum absolute atomic E-state index is 0.154. The number of carbonyl (C=O) groups is 1. The average Bonchev–Trinajstić information content (AvgIpc) is 3.03. The van der Waals surface area contributed by atoms with Crippen LogP contribution in [0, 0.1) is 11.3 Å². The summed E-state index contributed by atoms with van der Waals surface area (Å²) in [6, 6.07) is 20.6. The van der Waals surface area contributed by atoms with Gasteiger partial charge in [-0.05, 0) is 5.56 Å². The van der Waals surface area contributed by atoms with Crippen LogP contribution in [0.1, 0.15) is 20.8 Å². The van der Waals surface area contributed by atoms with E-state index >= 15 is 0 Å². The van der Waals surface area contributed by atoms with Gasteiger partial charge >= 0.3 is 0 Å². The van der Waals surface area contributed by atoms with Gasteiger partial charge in [-0.2, -0.15) is 5.26 Å². The molecule has 2 heterocycles. The van der Waals surface area contributed by atoms with E-state index in [1.54, 1.807) is 12.1 Å². The lowest BCUT2D eigenvalue weighted by atomic mass is 9.97. The molecule has 6 heteroatoms. The van der Waals surface area contributed by atoms with Crippen LogP contribution in [-0.2, 0) is 0 Å². The molecule has 0 aliphatic heterocycles. The Morgan fingerprint density at radius 1 is 1.00 bits per heavy atom. The first-order chi connectivity index (χ1) is 13.1. The van der Waals surface area contributed by atoms with Crippen LogP contribution in [0.15, 0.2) is 60.7 Å². The van der Waals surface area contributed by atoms with Crippen molar-refractivity contribution in [3.63, 3.8) is 0 Å². The third-order valence-corrected chi connectivity index (χ3v) is 5.50. The molecule has 0 spiro atoms. The van der Waals surface area contributed by atoms with E-state index in [0.29, 0.717) is 37.5 Å². The normalized spacial score (nSPS) is 10.6. The number of aromatic nitrogens is 1. The number of anilines is 2. The van der Waals surface area contributed by atoms with Gasteiger partial charge in [0.05, 0.1) is 11.1 Å². The highest BCUT2D eigenvalue weighted by Gasteiger charge is 2.26. The topological polar surface area (TPSA) is 107 Å². The highest BCUT2D eigenvalue weighted by molar-refractivity contribution is 7.21. The fourth-order valence-electron chi connectivity index (χ4n) is 3.12. The van der Waals surface area contributed by atoms with Crippen molar-refractivity contribution < 1.29 is 9.78 Å². The van der Waals surface area contributed by atoms with E-state index in [1.807, 2.05) is 48.5 Å². The largest absolute Gasteiger partial charge is 0.397 e. The highest BCUT2D eigenvalue weighted by atomic mass is 32.1. The lowest BCUT2D eigenvalue weighted by Gasteiger charge is -2.07. The molecule has 0 aliphatic carbocycles. The highest BCUT2D eigenvalue weighted by Crippen LogP contribution is 2.41. The Bertz CT molecular complexity index is 1210. The number of rotatable bonds is 3. The van der Waals surface area contributed by atoms with E-state index in [2.05, 4.69) is 11.1 Å². The fraction of sp³-hybridized carbons (Fsp3) is 0. The number of hydrogen-bond acceptors (Lipinski definition) is 5. The maximum Gasteiger partial charge on any atom is 0.290 e. The Hall–Kier alpha value is -3.69. The van der Waals surface area contributed by atoms with Gasteiger partial charge in [-0.25, -0.2) is 4.98 Å². The number of nitrogens with two attached hydrogens (primary N) is 2. The van der Waals surface area contributed by atoms with E-state index in [-0.39, 0.29) is 11.6 Å². The summed E-state index contributed by atoms with van der Waals surface area (Å²) in [5.41, 5.74) is 15.2. The van der Waals surface area contributed by atoms with Gasteiger partial charge in [0.15, 0.2) is 4.83 Å². The van der Waals surface area contributed by atoms with E-state index in [9.17, 15) is 10.1 Å². The Kier molecular flexibility index (Phi) is 4.07. The molecule has 0 radical (unpaired) electrons. The van der Waals surface area contributed by atoms with Crippen LogP contribution in [0.4, 0.5) is 11.5 Å². The number of pyridine rings is 1. The number of benzene rings is 2. The van der Waals surface area contributed by atoms with Gasteiger partial charge in [-0.1, -0.05) is 72.0 Å². The van der Waals surface area contributed by atoms with E-state index in [4.69, 9.17) is 11.5 Å². The molecule has 2 aromatic carbocycles. The first-order valence-corrected chi connectivity index (χ1v) is 9.05. The number of nitriles is 1. The molecule has 0 saturated carbocycles. The summed E-state index contributed by atoms with van der Waals surface area (Å²) in [6.45, 7) is 0. The summed E-state index contributed by atoms with van der Waals surface area (Å²) in [5, 5.41) is 10.3. The zero-order valence-electron chi connectivity index (χ0n) is 14.2. The van der Waals surface area contributed by atoms with E-state index in [1.165, 1.54) is 11.3 Å². The van der Waals surface area contributed by atoms with Crippen LogP contribution in [0.5, 0.6) is 0 Å². The number of hydrogen-bond donors (Lipinski definition) is 2. The second-order valence-corrected chi connectivity index (χ2v) is 7.03. The molecule has 130 valence electrons. The molecule has 4 aromatic rings. The lowest BCUT2D eigenvalue weighted by Crippen LogP contribution is -2.13. The number of aromatic amines is 1. The first-order valence-electron chi connectivity index (χ1n) is 8.23. The summed E-state index contributed by atoms with van der Waals surface area (Å²) in [7, 11) is 0. The van der Waals surface area contributed by atoms with Gasteiger partial charge in [0.1, 0.15) is 16.5 Å². The van der Waals surface area contributed by atoms with Crippen molar-refractivity contribution in [1.29, 1.82) is 5.26 Å². The Labute approximate surface area is 159 Å². The SMILES string of the molecule is N#Cc1c(N)[nH+]c2sc(C(=O)c3ccccc3)c(N)c2c1-c1ccccc1. The van der Waals surface area contributed by atoms with Crippen molar-refractivity contribution in [2.45, 2.75) is 0 Å². The van der Waals surface area contributed by atoms with Crippen LogP contribution >= 0.6 is 11.3 Å². The van der Waals surface area contributed by atoms with E-state index < -0.39 is 0 Å². The van der Waals surface area contributed by atoms with Crippen LogP contribution in [0.2, 0.25) is 0 Å². The molecule has 27 heavy (non-hydrogen) atoms. The molecule has 4 rings (SSSR count). The number of H-pyrrole nitrogens is 1. The molecule has 5 N–H and O–H groups in total. The van der Waals surface area contributed by atoms with Crippen LogP contribution in [0.3, 0.4) is 0 Å². The Morgan fingerprint density at radius 2 is 1.63 bits per heavy atom. The zero-order valence-corrected chi connectivity index (χ0v) is 15.0. The summed E-state index contributed by atoms with van der Waals surface area (Å²) >= 11 is 1.25. The van der Waals surface area contributed by atoms with Gasteiger partial charge < -0.3 is 5.73 Å². The van der Waals surface area contributed by atoms with Gasteiger partial charge in [-0.3, -0.25) is 10.5 Å². The molecule has 0 amide bonds. The molecule has 0 unspecified atom stereocenters. The Balaban J connectivity index is 2.04. The van der Waals surface area contributed by atoms with Crippen LogP contribution in [-0.4, -0.2) is 5.78 Å². The predicted molar refractivity (Wildman–Crippen MR) is 107 cm³/mol. The lowest BCUT2D eigenvalue weighted by molar-refractivity contribution is -0.323. The van der Waals surface area contributed by atoms with Gasteiger partial charge in [0.2, 0.25) is 5.78 Å². The van der Waals surface area contributed by atoms with Gasteiger partial charge in [-0.15, -0.1) is 0 Å². The summed E-state index contributed by atoms with van der Waals surface area (Å²) < 4.78 is 0. The third kappa shape index (κ3) is 2.71. The number of ketones is 1. The maximum absolute atomic E-state index is 12.9. The summed E-state index contributed by atoms with van der Waals surface area (Å²) in [6.07, 6.45) is 0. The molecule has 0 atom stereocenters. The predicted octanol–water partition coefficient (Wildman–Crippen LogP) is 3.65. The van der Waals surface area contributed by atoms with Gasteiger partial charge in [0.25, 0.3) is 5.82 Å². The molecule has 0 fully saturated rings. The third-order valence-electron chi connectivity index (χ3n) is 4.38. The number of nitrogen functional groups attached to an aromatic ring is 2. The molecule has 5 nitrogen and oxygen atoms in total.